The highest BCUT2D eigenvalue weighted by molar-refractivity contribution is 8.00. The highest BCUT2D eigenvalue weighted by Gasteiger charge is 2.12. The minimum atomic E-state index is -0.126. The molecule has 0 fully saturated rings. The minimum absolute atomic E-state index is 0.126. The molecule has 0 aliphatic rings. The van der Waals surface area contributed by atoms with Crippen LogP contribution >= 0.6 is 35.0 Å². The van der Waals surface area contributed by atoms with Gasteiger partial charge in [0.25, 0.3) is 0 Å². The number of hydrogen-bond donors (Lipinski definition) is 1. The van der Waals surface area contributed by atoms with Gasteiger partial charge >= 0.3 is 0 Å². The Morgan fingerprint density at radius 2 is 1.82 bits per heavy atom. The van der Waals surface area contributed by atoms with Crippen LogP contribution in [0.25, 0.3) is 0 Å². The molecule has 1 amide bonds. The van der Waals surface area contributed by atoms with Gasteiger partial charge in [-0.15, -0.1) is 11.8 Å². The summed E-state index contributed by atoms with van der Waals surface area (Å²) in [6, 6.07) is 9.74. The van der Waals surface area contributed by atoms with Crippen LogP contribution in [0.4, 0.5) is 5.69 Å². The summed E-state index contributed by atoms with van der Waals surface area (Å²) in [4.78, 5) is 13.2. The van der Waals surface area contributed by atoms with Crippen molar-refractivity contribution in [3.05, 3.63) is 57.1 Å². The molecule has 0 saturated heterocycles. The van der Waals surface area contributed by atoms with Gasteiger partial charge in [0, 0.05) is 4.90 Å². The Labute approximate surface area is 145 Å². The maximum atomic E-state index is 12.1. The SMILES string of the molecule is Cc1ccc(SCC(=O)Nc2c(Cl)ccc(C)c2Cl)c(C)c1. The molecule has 2 aromatic rings. The van der Waals surface area contributed by atoms with Gasteiger partial charge in [-0.05, 0) is 44.0 Å². The van der Waals surface area contributed by atoms with Crippen molar-refractivity contribution in [3.63, 3.8) is 0 Å². The van der Waals surface area contributed by atoms with Crippen molar-refractivity contribution in [2.75, 3.05) is 11.1 Å². The first-order chi connectivity index (χ1) is 10.4. The molecular formula is C17H17Cl2NOS. The molecule has 0 aliphatic heterocycles. The number of anilines is 1. The third-order valence-electron chi connectivity index (χ3n) is 3.24. The standard InChI is InChI=1S/C17H17Cl2NOS/c1-10-4-7-14(12(3)8-10)22-9-15(21)20-17-13(18)6-5-11(2)16(17)19/h4-8H,9H2,1-3H3,(H,20,21). The lowest BCUT2D eigenvalue weighted by Crippen LogP contribution is -2.15. The maximum absolute atomic E-state index is 12.1. The second kappa shape index (κ2) is 7.40. The summed E-state index contributed by atoms with van der Waals surface area (Å²) in [5, 5.41) is 3.73. The molecule has 0 radical (unpaired) electrons. The number of nitrogens with one attached hydrogen (secondary N) is 1. The van der Waals surface area contributed by atoms with E-state index in [0.717, 1.165) is 10.5 Å². The number of hydrogen-bond acceptors (Lipinski definition) is 2. The molecule has 0 heterocycles. The Kier molecular flexibility index (Phi) is 5.79. The van der Waals surface area contributed by atoms with E-state index in [1.165, 1.54) is 22.9 Å². The Bertz CT molecular complexity index is 716. The minimum Gasteiger partial charge on any atom is -0.323 e. The molecule has 2 nitrogen and oxygen atoms in total. The van der Waals surface area contributed by atoms with E-state index >= 15 is 0 Å². The first kappa shape index (κ1) is 17.2. The van der Waals surface area contributed by atoms with Gasteiger partial charge in [-0.2, -0.15) is 0 Å². The predicted octanol–water partition coefficient (Wildman–Crippen LogP) is 5.65. The fraction of sp³-hybridized carbons (Fsp3) is 0.235. The maximum Gasteiger partial charge on any atom is 0.234 e. The van der Waals surface area contributed by atoms with Gasteiger partial charge < -0.3 is 5.32 Å². The van der Waals surface area contributed by atoms with Crippen molar-refractivity contribution in [3.8, 4) is 0 Å². The summed E-state index contributed by atoms with van der Waals surface area (Å²) in [5.41, 5.74) is 3.74. The third-order valence-corrected chi connectivity index (χ3v) is 5.22. The smallest absolute Gasteiger partial charge is 0.234 e. The van der Waals surface area contributed by atoms with Gasteiger partial charge in [0.1, 0.15) is 0 Å². The van der Waals surface area contributed by atoms with Crippen molar-refractivity contribution in [1.82, 2.24) is 0 Å². The fourth-order valence-corrected chi connectivity index (χ4v) is 3.33. The van der Waals surface area contributed by atoms with E-state index in [0.29, 0.717) is 21.5 Å². The quantitative estimate of drug-likeness (QED) is 0.719. The van der Waals surface area contributed by atoms with E-state index in [1.54, 1.807) is 6.07 Å². The van der Waals surface area contributed by atoms with Crippen LogP contribution in [-0.2, 0) is 4.79 Å². The number of thioether (sulfide) groups is 1. The zero-order valence-corrected chi connectivity index (χ0v) is 15.0. The number of aryl methyl sites for hydroxylation is 3. The molecule has 22 heavy (non-hydrogen) atoms. The van der Waals surface area contributed by atoms with E-state index in [1.807, 2.05) is 32.0 Å². The predicted molar refractivity (Wildman–Crippen MR) is 96.5 cm³/mol. The summed E-state index contributed by atoms with van der Waals surface area (Å²) in [7, 11) is 0. The topological polar surface area (TPSA) is 29.1 Å². The molecule has 1 N–H and O–H groups in total. The fourth-order valence-electron chi connectivity index (χ4n) is 2.05. The molecule has 2 aromatic carbocycles. The Morgan fingerprint density at radius 3 is 2.50 bits per heavy atom. The highest BCUT2D eigenvalue weighted by Crippen LogP contribution is 2.33. The molecular weight excluding hydrogens is 337 g/mol. The average Bonchev–Trinajstić information content (AvgIpc) is 2.47. The molecule has 2 rings (SSSR count). The number of carbonyl (C=O) groups is 1. The largest absolute Gasteiger partial charge is 0.323 e. The molecule has 0 atom stereocenters. The molecule has 0 unspecified atom stereocenters. The molecule has 0 spiro atoms. The van der Waals surface area contributed by atoms with E-state index in [2.05, 4.69) is 18.3 Å². The first-order valence-electron chi connectivity index (χ1n) is 6.83. The normalized spacial score (nSPS) is 10.6. The molecule has 0 bridgehead atoms. The van der Waals surface area contributed by atoms with Crippen molar-refractivity contribution in [1.29, 1.82) is 0 Å². The number of carbonyl (C=O) groups excluding carboxylic acids is 1. The van der Waals surface area contributed by atoms with Crippen molar-refractivity contribution >= 4 is 46.6 Å². The molecule has 0 aromatic heterocycles. The monoisotopic (exact) mass is 353 g/mol. The lowest BCUT2D eigenvalue weighted by Gasteiger charge is -2.11. The second-order valence-electron chi connectivity index (χ2n) is 5.16. The summed E-state index contributed by atoms with van der Waals surface area (Å²) in [5.74, 6) is 0.184. The van der Waals surface area contributed by atoms with Crippen LogP contribution in [0.5, 0.6) is 0 Å². The van der Waals surface area contributed by atoms with Gasteiger partial charge in [0.15, 0.2) is 0 Å². The molecule has 5 heteroatoms. The van der Waals surface area contributed by atoms with Gasteiger partial charge in [-0.3, -0.25) is 4.79 Å². The zero-order chi connectivity index (χ0) is 16.3. The molecule has 0 saturated carbocycles. The molecule has 0 aliphatic carbocycles. The van der Waals surface area contributed by atoms with E-state index in [-0.39, 0.29) is 5.91 Å². The van der Waals surface area contributed by atoms with E-state index in [4.69, 9.17) is 23.2 Å². The highest BCUT2D eigenvalue weighted by atomic mass is 35.5. The van der Waals surface area contributed by atoms with Crippen LogP contribution in [0.3, 0.4) is 0 Å². The zero-order valence-electron chi connectivity index (χ0n) is 12.7. The number of rotatable bonds is 4. The summed E-state index contributed by atoms with van der Waals surface area (Å²) >= 11 is 13.8. The van der Waals surface area contributed by atoms with Crippen LogP contribution in [0, 0.1) is 20.8 Å². The summed E-state index contributed by atoms with van der Waals surface area (Å²) in [6.45, 7) is 5.97. The van der Waals surface area contributed by atoms with Gasteiger partial charge in [0.05, 0.1) is 21.5 Å². The third kappa shape index (κ3) is 4.19. The Morgan fingerprint density at radius 1 is 1.09 bits per heavy atom. The van der Waals surface area contributed by atoms with Crippen LogP contribution in [-0.4, -0.2) is 11.7 Å². The van der Waals surface area contributed by atoms with Crippen molar-refractivity contribution in [2.45, 2.75) is 25.7 Å². The van der Waals surface area contributed by atoms with Crippen LogP contribution in [0.15, 0.2) is 35.2 Å². The van der Waals surface area contributed by atoms with E-state index in [9.17, 15) is 4.79 Å². The van der Waals surface area contributed by atoms with Crippen LogP contribution in [0.1, 0.15) is 16.7 Å². The van der Waals surface area contributed by atoms with Crippen LogP contribution in [0.2, 0.25) is 10.0 Å². The summed E-state index contributed by atoms with van der Waals surface area (Å²) in [6.07, 6.45) is 0. The Hall–Kier alpha value is -1.16. The lowest BCUT2D eigenvalue weighted by atomic mass is 10.2. The average molecular weight is 354 g/mol. The van der Waals surface area contributed by atoms with Crippen molar-refractivity contribution < 1.29 is 4.79 Å². The second-order valence-corrected chi connectivity index (χ2v) is 6.96. The Balaban J connectivity index is 2.03. The van der Waals surface area contributed by atoms with Gasteiger partial charge in [0.2, 0.25) is 5.91 Å². The number of halogens is 2. The number of benzene rings is 2. The van der Waals surface area contributed by atoms with Gasteiger partial charge in [-0.25, -0.2) is 0 Å². The summed E-state index contributed by atoms with van der Waals surface area (Å²) < 4.78 is 0. The molecule has 116 valence electrons. The van der Waals surface area contributed by atoms with Crippen LogP contribution < -0.4 is 5.32 Å². The first-order valence-corrected chi connectivity index (χ1v) is 8.57. The lowest BCUT2D eigenvalue weighted by molar-refractivity contribution is -0.113. The number of amides is 1. The van der Waals surface area contributed by atoms with E-state index < -0.39 is 0 Å². The van der Waals surface area contributed by atoms with Gasteiger partial charge in [-0.1, -0.05) is 47.0 Å². The van der Waals surface area contributed by atoms with Crippen molar-refractivity contribution in [2.24, 2.45) is 0 Å².